The van der Waals surface area contributed by atoms with Gasteiger partial charge in [0, 0.05) is 18.3 Å². The molecule has 0 aromatic heterocycles. The molecule has 0 amide bonds. The molecule has 1 aromatic carbocycles. The first-order chi connectivity index (χ1) is 9.87. The molecule has 1 heterocycles. The molecule has 0 aliphatic carbocycles. The molecular weight excluding hydrogens is 312 g/mol. The van der Waals surface area contributed by atoms with E-state index in [2.05, 4.69) is 17.0 Å². The van der Waals surface area contributed by atoms with E-state index in [1.165, 1.54) is 0 Å². The summed E-state index contributed by atoms with van der Waals surface area (Å²) in [6, 6.07) is 5.59. The molecule has 1 saturated heterocycles. The Hall–Kier alpha value is -0.980. The van der Waals surface area contributed by atoms with Gasteiger partial charge in [-0.15, -0.1) is 0 Å². The predicted molar refractivity (Wildman–Crippen MR) is 86.6 cm³/mol. The Kier molecular flexibility index (Phi) is 5.35. The quantitative estimate of drug-likeness (QED) is 0.869. The Bertz CT molecular complexity index is 592. The maximum Gasteiger partial charge on any atom is 0.229 e. The van der Waals surface area contributed by atoms with Gasteiger partial charge in [0.25, 0.3) is 0 Å². The summed E-state index contributed by atoms with van der Waals surface area (Å²) in [6.45, 7) is 2.88. The Balaban J connectivity index is 2.03. The van der Waals surface area contributed by atoms with E-state index in [1.807, 2.05) is 6.07 Å². The average Bonchev–Trinajstić information content (AvgIpc) is 2.41. The standard InChI is InChI=1S/C14H21ClN2O3S/c1-3-12-8-11(6-7-20-12)16-10-4-5-14(13(15)9-10)17-21(2,18)19/h4-5,9,11-12,16-17H,3,6-8H2,1-2H3. The van der Waals surface area contributed by atoms with Crippen molar-refractivity contribution in [2.45, 2.75) is 38.3 Å². The summed E-state index contributed by atoms with van der Waals surface area (Å²) < 4.78 is 30.5. The van der Waals surface area contributed by atoms with Crippen LogP contribution in [0.1, 0.15) is 26.2 Å². The third-order valence-corrected chi connectivity index (χ3v) is 4.36. The zero-order valence-electron chi connectivity index (χ0n) is 12.2. The minimum absolute atomic E-state index is 0.304. The molecular formula is C14H21ClN2O3S. The lowest BCUT2D eigenvalue weighted by atomic mass is 10.0. The number of hydrogen-bond acceptors (Lipinski definition) is 4. The van der Waals surface area contributed by atoms with Crippen molar-refractivity contribution in [3.05, 3.63) is 23.2 Å². The Morgan fingerprint density at radius 3 is 2.81 bits per heavy atom. The average molecular weight is 333 g/mol. The Morgan fingerprint density at radius 2 is 2.19 bits per heavy atom. The molecule has 1 aromatic rings. The van der Waals surface area contributed by atoms with Gasteiger partial charge >= 0.3 is 0 Å². The molecule has 1 aliphatic heterocycles. The second-order valence-electron chi connectivity index (χ2n) is 5.34. The molecule has 5 nitrogen and oxygen atoms in total. The molecule has 0 radical (unpaired) electrons. The lowest BCUT2D eigenvalue weighted by Crippen LogP contribution is -2.33. The number of ether oxygens (including phenoxy) is 1. The smallest absolute Gasteiger partial charge is 0.229 e. The number of benzene rings is 1. The number of halogens is 1. The maximum atomic E-state index is 11.2. The molecule has 2 atom stereocenters. The van der Waals surface area contributed by atoms with E-state index in [4.69, 9.17) is 16.3 Å². The van der Waals surface area contributed by atoms with Crippen molar-refractivity contribution >= 4 is 33.0 Å². The summed E-state index contributed by atoms with van der Waals surface area (Å²) in [4.78, 5) is 0. The van der Waals surface area contributed by atoms with Crippen LogP contribution in [-0.2, 0) is 14.8 Å². The van der Waals surface area contributed by atoms with Gasteiger partial charge < -0.3 is 10.1 Å². The Morgan fingerprint density at radius 1 is 1.43 bits per heavy atom. The molecule has 1 fully saturated rings. The highest BCUT2D eigenvalue weighted by Crippen LogP contribution is 2.28. The van der Waals surface area contributed by atoms with Crippen LogP contribution >= 0.6 is 11.6 Å². The zero-order valence-corrected chi connectivity index (χ0v) is 13.8. The largest absolute Gasteiger partial charge is 0.382 e. The van der Waals surface area contributed by atoms with Gasteiger partial charge in [0.1, 0.15) is 0 Å². The van der Waals surface area contributed by atoms with Crippen LogP contribution < -0.4 is 10.0 Å². The van der Waals surface area contributed by atoms with E-state index in [1.54, 1.807) is 12.1 Å². The van der Waals surface area contributed by atoms with Crippen molar-refractivity contribution in [1.82, 2.24) is 0 Å². The highest BCUT2D eigenvalue weighted by Gasteiger charge is 2.21. The van der Waals surface area contributed by atoms with Crippen LogP contribution in [0.4, 0.5) is 11.4 Å². The highest BCUT2D eigenvalue weighted by atomic mass is 35.5. The van der Waals surface area contributed by atoms with Gasteiger partial charge in [0.15, 0.2) is 0 Å². The van der Waals surface area contributed by atoms with Crippen LogP contribution in [0.15, 0.2) is 18.2 Å². The lowest BCUT2D eigenvalue weighted by molar-refractivity contribution is 0.00926. The SMILES string of the molecule is CCC1CC(Nc2ccc(NS(C)(=O)=O)c(Cl)c2)CCO1. The van der Waals surface area contributed by atoms with E-state index in [0.717, 1.165) is 37.8 Å². The summed E-state index contributed by atoms with van der Waals surface area (Å²) in [7, 11) is -3.32. The first-order valence-electron chi connectivity index (χ1n) is 7.03. The fourth-order valence-electron chi connectivity index (χ4n) is 2.42. The number of rotatable bonds is 5. The number of anilines is 2. The molecule has 2 N–H and O–H groups in total. The fourth-order valence-corrected chi connectivity index (χ4v) is 3.28. The minimum atomic E-state index is -3.32. The van der Waals surface area contributed by atoms with E-state index in [9.17, 15) is 8.42 Å². The van der Waals surface area contributed by atoms with Crippen LogP contribution in [0.25, 0.3) is 0 Å². The Labute approximate surface area is 131 Å². The number of sulfonamides is 1. The molecule has 21 heavy (non-hydrogen) atoms. The van der Waals surface area contributed by atoms with E-state index >= 15 is 0 Å². The van der Waals surface area contributed by atoms with Crippen molar-refractivity contribution in [3.8, 4) is 0 Å². The highest BCUT2D eigenvalue weighted by molar-refractivity contribution is 7.92. The summed E-state index contributed by atoms with van der Waals surface area (Å²) in [5.74, 6) is 0. The predicted octanol–water partition coefficient (Wildman–Crippen LogP) is 3.08. The van der Waals surface area contributed by atoms with E-state index < -0.39 is 10.0 Å². The van der Waals surface area contributed by atoms with Crippen LogP contribution in [0, 0.1) is 0 Å². The van der Waals surface area contributed by atoms with Gasteiger partial charge in [0.05, 0.1) is 23.1 Å². The second-order valence-corrected chi connectivity index (χ2v) is 7.49. The lowest BCUT2D eigenvalue weighted by Gasteiger charge is -2.30. The molecule has 0 saturated carbocycles. The second kappa shape index (κ2) is 6.85. The summed E-state index contributed by atoms with van der Waals surface area (Å²) >= 11 is 6.12. The van der Waals surface area contributed by atoms with Gasteiger partial charge in [-0.3, -0.25) is 4.72 Å². The normalized spacial score (nSPS) is 22.8. The first-order valence-corrected chi connectivity index (χ1v) is 9.30. The summed E-state index contributed by atoms with van der Waals surface area (Å²) in [5.41, 5.74) is 1.28. The molecule has 0 spiro atoms. The van der Waals surface area contributed by atoms with Crippen molar-refractivity contribution in [3.63, 3.8) is 0 Å². The number of nitrogens with one attached hydrogen (secondary N) is 2. The van der Waals surface area contributed by atoms with Crippen LogP contribution in [-0.4, -0.2) is 33.4 Å². The van der Waals surface area contributed by atoms with Gasteiger partial charge in [-0.05, 0) is 37.5 Å². The van der Waals surface area contributed by atoms with Crippen LogP contribution in [0.5, 0.6) is 0 Å². The van der Waals surface area contributed by atoms with Crippen molar-refractivity contribution in [2.75, 3.05) is 22.9 Å². The van der Waals surface area contributed by atoms with Gasteiger partial charge in [-0.25, -0.2) is 8.42 Å². The molecule has 0 bridgehead atoms. The molecule has 1 aliphatic rings. The first kappa shape index (κ1) is 16.4. The van der Waals surface area contributed by atoms with Crippen LogP contribution in [0.2, 0.25) is 5.02 Å². The summed E-state index contributed by atoms with van der Waals surface area (Å²) in [5, 5.41) is 3.81. The van der Waals surface area contributed by atoms with Crippen LogP contribution in [0.3, 0.4) is 0 Å². The van der Waals surface area contributed by atoms with Gasteiger partial charge in [-0.1, -0.05) is 18.5 Å². The van der Waals surface area contributed by atoms with Gasteiger partial charge in [0.2, 0.25) is 10.0 Å². The molecule has 2 unspecified atom stereocenters. The van der Waals surface area contributed by atoms with Crippen molar-refractivity contribution in [2.24, 2.45) is 0 Å². The molecule has 118 valence electrons. The zero-order chi connectivity index (χ0) is 15.5. The maximum absolute atomic E-state index is 11.2. The third-order valence-electron chi connectivity index (χ3n) is 3.46. The van der Waals surface area contributed by atoms with Crippen molar-refractivity contribution in [1.29, 1.82) is 0 Å². The van der Waals surface area contributed by atoms with E-state index in [-0.39, 0.29) is 0 Å². The number of hydrogen-bond donors (Lipinski definition) is 2. The van der Waals surface area contributed by atoms with Gasteiger partial charge in [-0.2, -0.15) is 0 Å². The fraction of sp³-hybridized carbons (Fsp3) is 0.571. The molecule has 2 rings (SSSR count). The van der Waals surface area contributed by atoms with E-state index in [0.29, 0.717) is 22.9 Å². The monoisotopic (exact) mass is 332 g/mol. The third kappa shape index (κ3) is 5.05. The topological polar surface area (TPSA) is 67.4 Å². The van der Waals surface area contributed by atoms with Crippen molar-refractivity contribution < 1.29 is 13.2 Å². The summed E-state index contributed by atoms with van der Waals surface area (Å²) in [6.07, 6.45) is 4.34. The molecule has 7 heteroatoms. The minimum Gasteiger partial charge on any atom is -0.382 e.